The molecule has 1 aliphatic rings. The number of rotatable bonds is 4. The summed E-state index contributed by atoms with van der Waals surface area (Å²) >= 11 is 1.55. The molecule has 0 saturated carbocycles. The van der Waals surface area contributed by atoms with E-state index in [2.05, 4.69) is 21.9 Å². The van der Waals surface area contributed by atoms with E-state index in [1.807, 2.05) is 30.9 Å². The van der Waals surface area contributed by atoms with Crippen LogP contribution >= 0.6 is 11.3 Å². The lowest BCUT2D eigenvalue weighted by Crippen LogP contribution is -2.39. The molecule has 0 atom stereocenters. The number of amides is 1. The lowest BCUT2D eigenvalue weighted by molar-refractivity contribution is -0.132. The highest BCUT2D eigenvalue weighted by Crippen LogP contribution is 2.25. The zero-order valence-electron chi connectivity index (χ0n) is 15.7. The van der Waals surface area contributed by atoms with Crippen molar-refractivity contribution in [2.24, 2.45) is 0 Å². The number of aromatic nitrogens is 3. The van der Waals surface area contributed by atoms with E-state index in [9.17, 15) is 9.59 Å². The largest absolute Gasteiger partial charge is 0.351 e. The molecule has 0 unspecified atom stereocenters. The minimum absolute atomic E-state index is 0.0408. The Kier molecular flexibility index (Phi) is 4.86. The molecule has 3 aromatic rings. The predicted octanol–water partition coefficient (Wildman–Crippen LogP) is 3.13. The second-order valence-electron chi connectivity index (χ2n) is 7.20. The third kappa shape index (κ3) is 3.43. The number of fused-ring (bicyclic) bond motifs is 1. The molecule has 3 aromatic heterocycles. The Morgan fingerprint density at radius 1 is 1.22 bits per heavy atom. The van der Waals surface area contributed by atoms with Gasteiger partial charge in [-0.1, -0.05) is 0 Å². The van der Waals surface area contributed by atoms with E-state index in [1.54, 1.807) is 22.2 Å². The van der Waals surface area contributed by atoms with E-state index in [-0.39, 0.29) is 11.5 Å². The van der Waals surface area contributed by atoms with E-state index in [4.69, 9.17) is 0 Å². The zero-order valence-corrected chi connectivity index (χ0v) is 16.5. The van der Waals surface area contributed by atoms with Gasteiger partial charge in [0, 0.05) is 49.4 Å². The molecule has 0 N–H and O–H groups in total. The number of carbonyl (C=O) groups excluding carboxylic acids is 1. The van der Waals surface area contributed by atoms with Crippen LogP contribution in [-0.4, -0.2) is 38.0 Å². The maximum atomic E-state index is 12.7. The van der Waals surface area contributed by atoms with Gasteiger partial charge < -0.3 is 9.47 Å². The van der Waals surface area contributed by atoms with Crippen LogP contribution in [0.2, 0.25) is 0 Å². The second kappa shape index (κ2) is 7.31. The Morgan fingerprint density at radius 3 is 2.63 bits per heavy atom. The van der Waals surface area contributed by atoms with Gasteiger partial charge >= 0.3 is 0 Å². The van der Waals surface area contributed by atoms with Crippen LogP contribution in [0.3, 0.4) is 0 Å². The molecule has 27 heavy (non-hydrogen) atoms. The minimum atomic E-state index is -0.0408. The third-order valence-electron chi connectivity index (χ3n) is 5.59. The molecule has 0 radical (unpaired) electrons. The number of hydrogen-bond donors (Lipinski definition) is 0. The summed E-state index contributed by atoms with van der Waals surface area (Å²) < 4.78 is 3.80. The van der Waals surface area contributed by atoms with Crippen LogP contribution < -0.4 is 5.56 Å². The summed E-state index contributed by atoms with van der Waals surface area (Å²) in [5.74, 6) is 0.117. The first-order valence-corrected chi connectivity index (χ1v) is 10.2. The van der Waals surface area contributed by atoms with Gasteiger partial charge in [-0.15, -0.1) is 11.3 Å². The molecule has 6 nitrogen and oxygen atoms in total. The first kappa shape index (κ1) is 18.0. The first-order chi connectivity index (χ1) is 13.0. The van der Waals surface area contributed by atoms with Crippen molar-refractivity contribution in [3.05, 3.63) is 51.6 Å². The van der Waals surface area contributed by atoms with E-state index < -0.39 is 0 Å². The molecular weight excluding hydrogens is 360 g/mol. The molecule has 142 valence electrons. The minimum Gasteiger partial charge on any atom is -0.351 e. The van der Waals surface area contributed by atoms with E-state index in [0.29, 0.717) is 24.4 Å². The highest BCUT2D eigenvalue weighted by atomic mass is 32.1. The Bertz CT molecular complexity index is 1010. The van der Waals surface area contributed by atoms with Crippen molar-refractivity contribution in [3.63, 3.8) is 0 Å². The van der Waals surface area contributed by atoms with Gasteiger partial charge in [0.25, 0.3) is 5.56 Å². The van der Waals surface area contributed by atoms with Crippen molar-refractivity contribution in [3.8, 4) is 0 Å². The van der Waals surface area contributed by atoms with Crippen LogP contribution in [0.25, 0.3) is 10.2 Å². The van der Waals surface area contributed by atoms with Gasteiger partial charge in [-0.05, 0) is 44.4 Å². The molecule has 1 aliphatic heterocycles. The fraction of sp³-hybridized carbons (Fsp3) is 0.450. The van der Waals surface area contributed by atoms with E-state index in [1.165, 1.54) is 0 Å². The SMILES string of the molecule is Cc1sc2ncn(CCC(=O)N3CCC(n4cccc4)CC3)c(=O)c2c1C. The van der Waals surface area contributed by atoms with Gasteiger partial charge in [-0.3, -0.25) is 14.2 Å². The van der Waals surface area contributed by atoms with Gasteiger partial charge in [0.15, 0.2) is 0 Å². The topological polar surface area (TPSA) is 60.1 Å². The van der Waals surface area contributed by atoms with Crippen LogP contribution in [-0.2, 0) is 11.3 Å². The fourth-order valence-corrected chi connectivity index (χ4v) is 4.80. The Labute approximate surface area is 162 Å². The maximum absolute atomic E-state index is 12.7. The number of nitrogens with zero attached hydrogens (tertiary/aromatic N) is 4. The molecule has 0 aliphatic carbocycles. The third-order valence-corrected chi connectivity index (χ3v) is 6.70. The molecule has 4 rings (SSSR count). The maximum Gasteiger partial charge on any atom is 0.262 e. The number of aryl methyl sites for hydroxylation is 3. The lowest BCUT2D eigenvalue weighted by Gasteiger charge is -2.33. The number of carbonyl (C=O) groups is 1. The van der Waals surface area contributed by atoms with Gasteiger partial charge in [-0.25, -0.2) is 4.98 Å². The molecule has 0 aromatic carbocycles. The van der Waals surface area contributed by atoms with Gasteiger partial charge in [0.2, 0.25) is 5.91 Å². The van der Waals surface area contributed by atoms with Crippen molar-refractivity contribution >= 4 is 27.5 Å². The highest BCUT2D eigenvalue weighted by molar-refractivity contribution is 7.18. The molecule has 4 heterocycles. The summed E-state index contributed by atoms with van der Waals surface area (Å²) in [7, 11) is 0. The number of piperidine rings is 1. The summed E-state index contributed by atoms with van der Waals surface area (Å²) in [5, 5.41) is 0.694. The summed E-state index contributed by atoms with van der Waals surface area (Å²) in [6.45, 7) is 5.90. The van der Waals surface area contributed by atoms with Crippen molar-refractivity contribution < 1.29 is 4.79 Å². The number of hydrogen-bond acceptors (Lipinski definition) is 4. The first-order valence-electron chi connectivity index (χ1n) is 9.40. The van der Waals surface area contributed by atoms with Gasteiger partial charge in [0.05, 0.1) is 11.7 Å². The average molecular weight is 385 g/mol. The van der Waals surface area contributed by atoms with Gasteiger partial charge in [0.1, 0.15) is 4.83 Å². The number of likely N-dealkylation sites (tertiary alicyclic amines) is 1. The molecule has 0 spiro atoms. The smallest absolute Gasteiger partial charge is 0.262 e. The Balaban J connectivity index is 1.38. The van der Waals surface area contributed by atoms with Crippen LogP contribution in [0.1, 0.15) is 35.7 Å². The molecular formula is C20H24N4O2S. The normalized spacial score (nSPS) is 15.6. The van der Waals surface area contributed by atoms with E-state index >= 15 is 0 Å². The van der Waals surface area contributed by atoms with Crippen molar-refractivity contribution in [1.82, 2.24) is 19.0 Å². The Hall–Kier alpha value is -2.41. The van der Waals surface area contributed by atoms with Crippen LogP contribution in [0.15, 0.2) is 35.6 Å². The summed E-state index contributed by atoms with van der Waals surface area (Å²) in [4.78, 5) is 33.6. The second-order valence-corrected chi connectivity index (χ2v) is 8.40. The van der Waals surface area contributed by atoms with Crippen molar-refractivity contribution in [1.29, 1.82) is 0 Å². The molecule has 1 amide bonds. The van der Waals surface area contributed by atoms with Crippen molar-refractivity contribution in [2.45, 2.75) is 45.7 Å². The summed E-state index contributed by atoms with van der Waals surface area (Å²) in [5.41, 5.74) is 0.959. The summed E-state index contributed by atoms with van der Waals surface area (Å²) in [6.07, 6.45) is 8.04. The molecule has 7 heteroatoms. The quantitative estimate of drug-likeness (QED) is 0.694. The van der Waals surface area contributed by atoms with Crippen LogP contribution in [0.5, 0.6) is 0 Å². The van der Waals surface area contributed by atoms with Crippen LogP contribution in [0.4, 0.5) is 0 Å². The Morgan fingerprint density at radius 2 is 1.93 bits per heavy atom. The lowest BCUT2D eigenvalue weighted by atomic mass is 10.0. The molecule has 1 fully saturated rings. The zero-order chi connectivity index (χ0) is 19.0. The molecule has 1 saturated heterocycles. The molecule has 0 bridgehead atoms. The van der Waals surface area contributed by atoms with Gasteiger partial charge in [-0.2, -0.15) is 0 Å². The monoisotopic (exact) mass is 384 g/mol. The van der Waals surface area contributed by atoms with E-state index in [0.717, 1.165) is 41.2 Å². The number of thiophene rings is 1. The predicted molar refractivity (Wildman–Crippen MR) is 107 cm³/mol. The highest BCUT2D eigenvalue weighted by Gasteiger charge is 2.23. The van der Waals surface area contributed by atoms with Crippen molar-refractivity contribution in [2.75, 3.05) is 13.1 Å². The average Bonchev–Trinajstić information content (AvgIpc) is 3.30. The van der Waals surface area contributed by atoms with Crippen LogP contribution in [0, 0.1) is 13.8 Å². The fourth-order valence-electron chi connectivity index (χ4n) is 3.81. The summed E-state index contributed by atoms with van der Waals surface area (Å²) in [6, 6.07) is 4.55. The standard InChI is InChI=1S/C20H24N4O2S/c1-14-15(2)27-19-18(14)20(26)24(13-21-19)12-7-17(25)23-10-5-16(6-11-23)22-8-3-4-9-22/h3-4,8-9,13,16H,5-7,10-12H2,1-2H3.